The van der Waals surface area contributed by atoms with Gasteiger partial charge in [0.05, 0.1) is 6.42 Å². The Balaban J connectivity index is -0.000000330. The molecule has 0 atom stereocenters. The molecule has 0 heterocycles. The van der Waals surface area contributed by atoms with Gasteiger partial charge >= 0.3 is 30.9 Å². The Morgan fingerprint density at radius 3 is 0.840 bits per heavy atom. The first-order valence-corrected chi connectivity index (χ1v) is 6.08. The van der Waals surface area contributed by atoms with Crippen LogP contribution in [0.5, 0.6) is 0 Å². The van der Waals surface area contributed by atoms with Crippen LogP contribution in [0.15, 0.2) is 0 Å². The first kappa shape index (κ1) is 29.2. The van der Waals surface area contributed by atoms with Crippen molar-refractivity contribution < 1.29 is 60.0 Å². The fourth-order valence-corrected chi connectivity index (χ4v) is 0.988. The molecule has 10 heteroatoms. The molecule has 0 N–H and O–H groups in total. The largest absolute Gasteiger partial charge is 4.00 e. The summed E-state index contributed by atoms with van der Waals surface area (Å²) in [6.07, 6.45) is 7.01. The van der Waals surface area contributed by atoms with Crippen LogP contribution in [0.3, 0.4) is 0 Å². The number of hydrogen-bond acceptors (Lipinski definition) is 2. The minimum atomic E-state index is -5.40. The number of rotatable bonds is 2. The molecule has 0 amide bonds. The van der Waals surface area contributed by atoms with Gasteiger partial charge in [-0.3, -0.25) is 9.59 Å². The van der Waals surface area contributed by atoms with E-state index < -0.39 is 30.3 Å². The Hall–Kier alpha value is -0.536. The van der Waals surface area contributed by atoms with Crippen molar-refractivity contribution in [2.75, 3.05) is 0 Å². The van der Waals surface area contributed by atoms with Gasteiger partial charge in [0.25, 0.3) is 0 Å². The summed E-state index contributed by atoms with van der Waals surface area (Å²) in [5.74, 6) is -5.40. The topological polar surface area (TPSA) is 62.6 Å². The second-order valence-electron chi connectivity index (χ2n) is 3.94. The van der Waals surface area contributed by atoms with Gasteiger partial charge in [0.15, 0.2) is 0 Å². The van der Waals surface area contributed by atoms with Crippen LogP contribution in [-0.2, 0) is 33.6 Å². The number of carbonyl (C=O) groups is 2. The Labute approximate surface area is 155 Å². The number of Topliss-reactive ketones (excluding diaryl/α,β-unsaturated/α-hetero) is 2. The molecule has 11 radical (unpaired) electrons. The number of alkyl halides is 6. The predicted molar refractivity (Wildman–Crippen MR) is 70.4 cm³/mol. The smallest absolute Gasteiger partial charge is 2.00 e. The van der Waals surface area contributed by atoms with E-state index in [-0.39, 0.29) is 24.0 Å². The summed E-state index contributed by atoms with van der Waals surface area (Å²) in [4.78, 5) is 19.8. The fraction of sp³-hybridized carbons (Fsp3) is 0.200. The van der Waals surface area contributed by atoms with Crippen molar-refractivity contribution in [1.29, 1.82) is 0 Å². The molecule has 3 nitrogen and oxygen atoms in total. The molecule has 0 unspecified atom stereocenters. The summed E-state index contributed by atoms with van der Waals surface area (Å²) in [6.45, 7) is 0. The standard InChI is InChI=1S/C5H2F6O2.2C5H5.O.V/c6-4(7,8)2(12)1-3(13)5(9,10)11;2*1-2-4-5-3-1;;/h1H2;2*1-5H;;/q;;;-2;+4. The Bertz CT molecular complexity index is 312. The average molecular weight is 405 g/mol. The van der Waals surface area contributed by atoms with Gasteiger partial charge in [-0.15, -0.1) is 0 Å². The van der Waals surface area contributed by atoms with Crippen LogP contribution in [-0.4, -0.2) is 23.9 Å². The first-order chi connectivity index (χ1) is 10.5. The molecule has 2 rings (SSSR count). The van der Waals surface area contributed by atoms with Crippen molar-refractivity contribution in [1.82, 2.24) is 0 Å². The first-order valence-electron chi connectivity index (χ1n) is 6.08. The van der Waals surface area contributed by atoms with Gasteiger partial charge in [0.2, 0.25) is 11.6 Å². The zero-order valence-corrected chi connectivity index (χ0v) is 13.8. The van der Waals surface area contributed by atoms with Gasteiger partial charge in [0, 0.05) is 0 Å². The minimum Gasteiger partial charge on any atom is -2.00 e. The minimum absolute atomic E-state index is 0. The maximum absolute atomic E-state index is 11.3. The number of ketones is 2. The quantitative estimate of drug-likeness (QED) is 0.521. The molecular weight excluding hydrogens is 393 g/mol. The van der Waals surface area contributed by atoms with Gasteiger partial charge in [-0.05, 0) is 64.2 Å². The fourth-order valence-electron chi connectivity index (χ4n) is 0.988. The summed E-state index contributed by atoms with van der Waals surface area (Å²) in [7, 11) is 0. The van der Waals surface area contributed by atoms with E-state index in [0.29, 0.717) is 0 Å². The van der Waals surface area contributed by atoms with E-state index in [4.69, 9.17) is 0 Å². The van der Waals surface area contributed by atoms with Gasteiger partial charge in [-0.1, -0.05) is 0 Å². The summed E-state index contributed by atoms with van der Waals surface area (Å²) in [5, 5.41) is 0. The van der Waals surface area contributed by atoms with Crippen LogP contribution >= 0.6 is 0 Å². The molecule has 0 aliphatic heterocycles. The van der Waals surface area contributed by atoms with Crippen molar-refractivity contribution in [2.45, 2.75) is 18.8 Å². The van der Waals surface area contributed by atoms with Crippen molar-refractivity contribution in [2.24, 2.45) is 0 Å². The Morgan fingerprint density at radius 1 is 0.560 bits per heavy atom. The molecule has 2 fully saturated rings. The summed E-state index contributed by atoms with van der Waals surface area (Å²) >= 11 is 0. The molecule has 2 aliphatic carbocycles. The van der Waals surface area contributed by atoms with Gasteiger partial charge in [-0.25, -0.2) is 0 Å². The second kappa shape index (κ2) is 14.6. The van der Waals surface area contributed by atoms with E-state index in [2.05, 4.69) is 0 Å². The molecule has 0 saturated heterocycles. The zero-order chi connectivity index (χ0) is 17.9. The predicted octanol–water partition coefficient (Wildman–Crippen LogP) is 3.56. The molecule has 2 aliphatic rings. The molecule has 0 aromatic carbocycles. The van der Waals surface area contributed by atoms with E-state index in [0.717, 1.165) is 0 Å². The van der Waals surface area contributed by atoms with E-state index in [1.807, 2.05) is 64.2 Å². The third-order valence-electron chi connectivity index (χ3n) is 2.06. The van der Waals surface area contributed by atoms with Crippen molar-refractivity contribution in [3.8, 4) is 0 Å². The van der Waals surface area contributed by atoms with Crippen molar-refractivity contribution >= 4 is 11.6 Å². The summed E-state index contributed by atoms with van der Waals surface area (Å²) < 4.78 is 68.0. The number of carbonyl (C=O) groups excluding carboxylic acids is 2. The number of halogens is 6. The SMILES string of the molecule is O=C(CC(=O)C(F)(F)F)C(F)(F)F.[CH]1[CH][CH][CH][CH]1.[CH]1[CH][CH][CH][CH]1.[O-2].[V+4]. The van der Waals surface area contributed by atoms with Crippen LogP contribution in [0.25, 0.3) is 0 Å². The third-order valence-corrected chi connectivity index (χ3v) is 2.06. The van der Waals surface area contributed by atoms with E-state index >= 15 is 0 Å². The Kier molecular flexibility index (Phi) is 17.1. The zero-order valence-electron chi connectivity index (χ0n) is 12.4. The number of hydrogen-bond donors (Lipinski definition) is 0. The average Bonchev–Trinajstić information content (AvgIpc) is 3.15. The maximum atomic E-state index is 11.3. The van der Waals surface area contributed by atoms with Crippen LogP contribution in [0.4, 0.5) is 26.3 Å². The van der Waals surface area contributed by atoms with Crippen LogP contribution in [0.1, 0.15) is 6.42 Å². The van der Waals surface area contributed by atoms with Crippen LogP contribution < -0.4 is 0 Å². The van der Waals surface area contributed by atoms with Gasteiger partial charge in [-0.2, -0.15) is 26.3 Å². The molecule has 2 saturated carbocycles. The maximum Gasteiger partial charge on any atom is 4.00 e. The molecule has 135 valence electrons. The molecule has 0 aromatic rings. The summed E-state index contributed by atoms with van der Waals surface area (Å²) in [6, 6.07) is 0. The molecular formula is C15H12F6O3V+2. The van der Waals surface area contributed by atoms with Gasteiger partial charge < -0.3 is 5.48 Å². The third kappa shape index (κ3) is 16.7. The van der Waals surface area contributed by atoms with Crippen LogP contribution in [0, 0.1) is 64.2 Å². The normalized spacial score (nSPS) is 16.2. The molecule has 0 spiro atoms. The van der Waals surface area contributed by atoms with Crippen molar-refractivity contribution in [3.63, 3.8) is 0 Å². The van der Waals surface area contributed by atoms with E-state index in [9.17, 15) is 35.9 Å². The monoisotopic (exact) mass is 405 g/mol. The second-order valence-corrected chi connectivity index (χ2v) is 3.94. The molecule has 0 aromatic heterocycles. The molecule has 0 bridgehead atoms. The van der Waals surface area contributed by atoms with E-state index in [1.54, 1.807) is 0 Å². The van der Waals surface area contributed by atoms with E-state index in [1.165, 1.54) is 0 Å². The van der Waals surface area contributed by atoms with Gasteiger partial charge in [0.1, 0.15) is 0 Å². The van der Waals surface area contributed by atoms with Crippen molar-refractivity contribution in [3.05, 3.63) is 64.2 Å². The van der Waals surface area contributed by atoms with Crippen LogP contribution in [0.2, 0.25) is 0 Å². The summed E-state index contributed by atoms with van der Waals surface area (Å²) in [5.41, 5.74) is 0. The molecule has 25 heavy (non-hydrogen) atoms. The Morgan fingerprint density at radius 2 is 0.720 bits per heavy atom.